The number of halogens is 5. The molecule has 0 spiro atoms. The highest BCUT2D eigenvalue weighted by atomic mass is 19.4. The van der Waals surface area contributed by atoms with E-state index in [1.807, 2.05) is 0 Å². The largest absolute Gasteiger partial charge is 0.433 e. The van der Waals surface area contributed by atoms with Crippen molar-refractivity contribution in [2.24, 2.45) is 17.3 Å². The van der Waals surface area contributed by atoms with Gasteiger partial charge in [0.05, 0.1) is 11.1 Å². The first-order chi connectivity index (χ1) is 17.8. The minimum absolute atomic E-state index is 0.0150. The first-order valence-corrected chi connectivity index (χ1v) is 12.8. The zero-order valence-electron chi connectivity index (χ0n) is 22.1. The van der Waals surface area contributed by atoms with Gasteiger partial charge < -0.3 is 10.1 Å². The summed E-state index contributed by atoms with van der Waals surface area (Å²) in [7, 11) is 0. The number of imidazole rings is 1. The molecule has 38 heavy (non-hydrogen) atoms. The average Bonchev–Trinajstić information content (AvgIpc) is 3.21. The van der Waals surface area contributed by atoms with E-state index in [-0.39, 0.29) is 28.4 Å². The molecule has 0 aliphatic heterocycles. The molecule has 3 rings (SSSR count). The van der Waals surface area contributed by atoms with Crippen LogP contribution in [-0.2, 0) is 12.8 Å². The van der Waals surface area contributed by atoms with Crippen LogP contribution in [0.2, 0.25) is 0 Å². The van der Waals surface area contributed by atoms with Gasteiger partial charge in [-0.05, 0) is 54.7 Å². The number of terminal acetylenes is 1. The molecule has 1 fully saturated rings. The van der Waals surface area contributed by atoms with Gasteiger partial charge in [-0.25, -0.2) is 4.98 Å². The Kier molecular flexibility index (Phi) is 9.11. The lowest BCUT2D eigenvalue weighted by atomic mass is 9.83. The summed E-state index contributed by atoms with van der Waals surface area (Å²) < 4.78 is 73.1. The summed E-state index contributed by atoms with van der Waals surface area (Å²) in [6.07, 6.45) is 5.36. The quantitative estimate of drug-likeness (QED) is 0.285. The number of hydrogen-bond donors (Lipinski definition) is 1. The Bertz CT molecular complexity index is 1170. The second-order valence-corrected chi connectivity index (χ2v) is 10.6. The molecule has 5 nitrogen and oxygen atoms in total. The number of carbonyl (C=O) groups excluding carboxylic acids is 1. The zero-order valence-corrected chi connectivity index (χ0v) is 22.1. The number of carbonyl (C=O) groups is 1. The number of hydrogen-bond acceptors (Lipinski definition) is 3. The van der Waals surface area contributed by atoms with Crippen molar-refractivity contribution in [2.75, 3.05) is 6.54 Å². The molecule has 1 aromatic heterocycles. The zero-order chi connectivity index (χ0) is 28.3. The van der Waals surface area contributed by atoms with Crippen molar-refractivity contribution in [2.45, 2.75) is 79.0 Å². The van der Waals surface area contributed by atoms with E-state index in [1.54, 1.807) is 6.92 Å². The number of alkyl halides is 5. The Labute approximate surface area is 220 Å². The van der Waals surface area contributed by atoms with Crippen molar-refractivity contribution in [1.29, 1.82) is 0 Å². The molecule has 0 radical (unpaired) electrons. The third kappa shape index (κ3) is 6.66. The molecule has 0 saturated heterocycles. The van der Waals surface area contributed by atoms with Gasteiger partial charge in [-0.3, -0.25) is 9.36 Å². The monoisotopic (exact) mass is 539 g/mol. The van der Waals surface area contributed by atoms with Crippen molar-refractivity contribution < 1.29 is 31.5 Å². The molecule has 1 saturated carbocycles. The van der Waals surface area contributed by atoms with E-state index >= 15 is 0 Å². The lowest BCUT2D eigenvalue weighted by molar-refractivity contribution is -0.211. The molecule has 1 amide bonds. The number of aromatic nitrogens is 2. The fourth-order valence-corrected chi connectivity index (χ4v) is 4.76. The van der Waals surface area contributed by atoms with Crippen LogP contribution < -0.4 is 10.1 Å². The smallest absolute Gasteiger partial charge is 0.394 e. The van der Waals surface area contributed by atoms with Crippen molar-refractivity contribution in [1.82, 2.24) is 14.9 Å². The number of nitrogens with zero attached hydrogens (tertiary/aromatic N) is 2. The van der Waals surface area contributed by atoms with E-state index < -0.39 is 30.5 Å². The van der Waals surface area contributed by atoms with Crippen LogP contribution >= 0.6 is 0 Å². The Balaban J connectivity index is 1.97. The molecule has 1 heterocycles. The van der Waals surface area contributed by atoms with E-state index in [0.29, 0.717) is 30.6 Å². The molecular formula is C28H34F5N3O2. The topological polar surface area (TPSA) is 56.2 Å². The van der Waals surface area contributed by atoms with Gasteiger partial charge in [0, 0.05) is 13.0 Å². The maximum atomic E-state index is 13.4. The average molecular weight is 540 g/mol. The summed E-state index contributed by atoms with van der Waals surface area (Å²) in [5.41, 5.74) is -1.83. The van der Waals surface area contributed by atoms with Crippen LogP contribution in [0.25, 0.3) is 5.69 Å². The van der Waals surface area contributed by atoms with Gasteiger partial charge in [0.2, 0.25) is 0 Å². The summed E-state index contributed by atoms with van der Waals surface area (Å²) in [6.45, 7) is 3.29. The fourth-order valence-electron chi connectivity index (χ4n) is 4.76. The van der Waals surface area contributed by atoms with Crippen LogP contribution in [0.1, 0.15) is 80.9 Å². The van der Waals surface area contributed by atoms with E-state index in [1.165, 1.54) is 16.7 Å². The summed E-state index contributed by atoms with van der Waals surface area (Å²) in [5, 5.41) is 2.90. The van der Waals surface area contributed by atoms with Gasteiger partial charge >= 0.3 is 12.8 Å². The molecular weight excluding hydrogens is 505 g/mol. The standard InChI is InChI=1S/C28H34F5N3O2/c1-6-20-24(25(37)34-16-18-10-8-17(3)9-11-18)35-23(7-2)36(20)21-13-12-19(14-22(21)38-26(29)30)15-27(4,5)28(31,32)33/h1,12-14,17-18,26H,7-11,15-16H2,2-5H3,(H,34,37). The first kappa shape index (κ1) is 29.5. The maximum Gasteiger partial charge on any atom is 0.394 e. The highest BCUT2D eigenvalue weighted by Crippen LogP contribution is 2.41. The van der Waals surface area contributed by atoms with Crippen LogP contribution in [-0.4, -0.2) is 34.8 Å². The maximum absolute atomic E-state index is 13.4. The Morgan fingerprint density at radius 2 is 1.89 bits per heavy atom. The van der Waals surface area contributed by atoms with Crippen LogP contribution in [0.5, 0.6) is 5.75 Å². The molecule has 2 aromatic rings. The van der Waals surface area contributed by atoms with Gasteiger partial charge in [0.25, 0.3) is 5.91 Å². The molecule has 0 unspecified atom stereocenters. The first-order valence-electron chi connectivity index (χ1n) is 12.8. The van der Waals surface area contributed by atoms with Crippen LogP contribution in [0.4, 0.5) is 22.0 Å². The summed E-state index contributed by atoms with van der Waals surface area (Å²) in [5.74, 6) is 2.98. The molecule has 1 N–H and O–H groups in total. The number of rotatable bonds is 9. The fraction of sp³-hybridized carbons (Fsp3) is 0.571. The number of nitrogens with one attached hydrogen (secondary N) is 1. The van der Waals surface area contributed by atoms with Crippen molar-refractivity contribution >= 4 is 5.91 Å². The predicted molar refractivity (Wildman–Crippen MR) is 135 cm³/mol. The van der Waals surface area contributed by atoms with E-state index in [9.17, 15) is 26.7 Å². The van der Waals surface area contributed by atoms with Crippen molar-refractivity contribution in [3.05, 3.63) is 41.0 Å². The van der Waals surface area contributed by atoms with Gasteiger partial charge in [-0.1, -0.05) is 46.6 Å². The second kappa shape index (κ2) is 11.7. The SMILES string of the molecule is C#Cc1c(C(=O)NCC2CCC(C)CC2)nc(CC)n1-c1ccc(CC(C)(C)C(F)(F)F)cc1OC(F)F. The van der Waals surface area contributed by atoms with E-state index in [2.05, 4.69) is 23.1 Å². The Morgan fingerprint density at radius 3 is 2.45 bits per heavy atom. The summed E-state index contributed by atoms with van der Waals surface area (Å²) in [4.78, 5) is 17.5. The minimum Gasteiger partial charge on any atom is -0.433 e. The number of ether oxygens (including phenoxy) is 1. The third-order valence-corrected chi connectivity index (χ3v) is 7.20. The molecule has 1 aromatic carbocycles. The number of amides is 1. The predicted octanol–water partition coefficient (Wildman–Crippen LogP) is 6.70. The Hall–Kier alpha value is -3.09. The lowest BCUT2D eigenvalue weighted by Gasteiger charge is -2.28. The summed E-state index contributed by atoms with van der Waals surface area (Å²) in [6, 6.07) is 3.93. The van der Waals surface area contributed by atoms with Gasteiger partial charge in [0.1, 0.15) is 17.3 Å². The van der Waals surface area contributed by atoms with Gasteiger partial charge in [-0.15, -0.1) is 6.42 Å². The molecule has 0 bridgehead atoms. The lowest BCUT2D eigenvalue weighted by Crippen LogP contribution is -2.34. The van der Waals surface area contributed by atoms with Crippen LogP contribution in [0.3, 0.4) is 0 Å². The van der Waals surface area contributed by atoms with Crippen LogP contribution in [0, 0.1) is 29.6 Å². The van der Waals surface area contributed by atoms with Gasteiger partial charge in [0.15, 0.2) is 5.69 Å². The highest BCUT2D eigenvalue weighted by molar-refractivity contribution is 5.94. The van der Waals surface area contributed by atoms with Crippen molar-refractivity contribution in [3.8, 4) is 23.8 Å². The highest BCUT2D eigenvalue weighted by Gasteiger charge is 2.47. The minimum atomic E-state index is -4.50. The second-order valence-electron chi connectivity index (χ2n) is 10.6. The van der Waals surface area contributed by atoms with Gasteiger partial charge in [-0.2, -0.15) is 22.0 Å². The van der Waals surface area contributed by atoms with Crippen molar-refractivity contribution in [3.63, 3.8) is 0 Å². The molecule has 1 aliphatic rings. The third-order valence-electron chi connectivity index (χ3n) is 7.20. The molecule has 1 aliphatic carbocycles. The normalized spacial score (nSPS) is 18.3. The molecule has 208 valence electrons. The molecule has 10 heteroatoms. The molecule has 0 atom stereocenters. The number of benzene rings is 1. The van der Waals surface area contributed by atoms with E-state index in [4.69, 9.17) is 11.2 Å². The van der Waals surface area contributed by atoms with Crippen LogP contribution in [0.15, 0.2) is 18.2 Å². The van der Waals surface area contributed by atoms with E-state index in [0.717, 1.165) is 45.6 Å². The number of aryl methyl sites for hydroxylation is 1. The summed E-state index contributed by atoms with van der Waals surface area (Å²) >= 11 is 0. The Morgan fingerprint density at radius 1 is 1.24 bits per heavy atom.